The Bertz CT molecular complexity index is 734. The molecule has 0 saturated heterocycles. The molecule has 0 aromatic heterocycles. The highest BCUT2D eigenvalue weighted by molar-refractivity contribution is 9.10. The van der Waals surface area contributed by atoms with Crippen molar-refractivity contribution >= 4 is 27.5 Å². The number of halogens is 2. The van der Waals surface area contributed by atoms with Crippen LogP contribution in [0.3, 0.4) is 0 Å². The Hall–Kier alpha value is -1.92. The molecule has 6 heteroatoms. The van der Waals surface area contributed by atoms with E-state index in [4.69, 9.17) is 9.47 Å². The number of ether oxygens (including phenoxy) is 2. The van der Waals surface area contributed by atoms with Crippen molar-refractivity contribution in [3.05, 3.63) is 57.8 Å². The van der Waals surface area contributed by atoms with Gasteiger partial charge in [0.15, 0.2) is 0 Å². The normalized spacial score (nSPS) is 10.8. The SMILES string of the molecule is COc1ccc(C(=O)Nc2ccc(Br)cc2F)cc1COC(C)C. The maximum atomic E-state index is 13.8. The van der Waals surface area contributed by atoms with Crippen LogP contribution in [0.1, 0.15) is 29.8 Å². The first kappa shape index (κ1) is 18.4. The first-order valence-electron chi connectivity index (χ1n) is 7.45. The molecule has 1 amide bonds. The number of anilines is 1. The van der Waals surface area contributed by atoms with E-state index in [-0.39, 0.29) is 11.8 Å². The van der Waals surface area contributed by atoms with E-state index in [0.29, 0.717) is 22.4 Å². The number of benzene rings is 2. The topological polar surface area (TPSA) is 47.6 Å². The van der Waals surface area contributed by atoms with Gasteiger partial charge in [-0.1, -0.05) is 15.9 Å². The zero-order chi connectivity index (χ0) is 17.7. The average Bonchev–Trinajstić information content (AvgIpc) is 2.55. The van der Waals surface area contributed by atoms with Crippen LogP contribution in [-0.4, -0.2) is 19.1 Å². The van der Waals surface area contributed by atoms with Crippen molar-refractivity contribution in [1.82, 2.24) is 0 Å². The summed E-state index contributed by atoms with van der Waals surface area (Å²) in [7, 11) is 1.56. The minimum atomic E-state index is -0.505. The second kappa shape index (κ2) is 8.26. The molecule has 2 rings (SSSR count). The summed E-state index contributed by atoms with van der Waals surface area (Å²) in [5, 5.41) is 2.57. The molecule has 1 N–H and O–H groups in total. The fraction of sp³-hybridized carbons (Fsp3) is 0.278. The monoisotopic (exact) mass is 395 g/mol. The van der Waals surface area contributed by atoms with Crippen molar-refractivity contribution in [1.29, 1.82) is 0 Å². The number of rotatable bonds is 6. The third-order valence-electron chi connectivity index (χ3n) is 3.29. The van der Waals surface area contributed by atoms with E-state index < -0.39 is 11.7 Å². The van der Waals surface area contributed by atoms with Crippen molar-refractivity contribution in [2.75, 3.05) is 12.4 Å². The van der Waals surface area contributed by atoms with Crippen LogP contribution in [0.4, 0.5) is 10.1 Å². The lowest BCUT2D eigenvalue weighted by molar-refractivity contribution is 0.0644. The second-order valence-electron chi connectivity index (χ2n) is 5.46. The summed E-state index contributed by atoms with van der Waals surface area (Å²) in [6.07, 6.45) is 0.0593. The fourth-order valence-corrected chi connectivity index (χ4v) is 2.41. The van der Waals surface area contributed by atoms with Crippen LogP contribution in [0.25, 0.3) is 0 Å². The second-order valence-corrected chi connectivity index (χ2v) is 6.38. The Morgan fingerprint density at radius 1 is 1.25 bits per heavy atom. The van der Waals surface area contributed by atoms with Gasteiger partial charge in [-0.05, 0) is 50.2 Å². The van der Waals surface area contributed by atoms with Gasteiger partial charge in [-0.3, -0.25) is 4.79 Å². The van der Waals surface area contributed by atoms with E-state index in [1.807, 2.05) is 13.8 Å². The van der Waals surface area contributed by atoms with Gasteiger partial charge < -0.3 is 14.8 Å². The Kier molecular flexibility index (Phi) is 6.34. The first-order chi connectivity index (χ1) is 11.4. The number of amides is 1. The van der Waals surface area contributed by atoms with Gasteiger partial charge in [0.2, 0.25) is 0 Å². The lowest BCUT2D eigenvalue weighted by Gasteiger charge is -2.13. The van der Waals surface area contributed by atoms with Crippen LogP contribution >= 0.6 is 15.9 Å². The predicted molar refractivity (Wildman–Crippen MR) is 95.0 cm³/mol. The van der Waals surface area contributed by atoms with Gasteiger partial charge in [0.05, 0.1) is 25.5 Å². The van der Waals surface area contributed by atoms with E-state index in [1.165, 1.54) is 12.1 Å². The van der Waals surface area contributed by atoms with Crippen molar-refractivity contribution in [3.63, 3.8) is 0 Å². The van der Waals surface area contributed by atoms with Gasteiger partial charge in [-0.25, -0.2) is 4.39 Å². The average molecular weight is 396 g/mol. The van der Waals surface area contributed by atoms with Crippen LogP contribution in [-0.2, 0) is 11.3 Å². The standard InChI is InChI=1S/C18H19BrFNO3/c1-11(2)24-10-13-8-12(4-7-17(13)23-3)18(22)21-16-6-5-14(19)9-15(16)20/h4-9,11H,10H2,1-3H3,(H,21,22). The van der Waals surface area contributed by atoms with Crippen LogP contribution in [0.2, 0.25) is 0 Å². The van der Waals surface area contributed by atoms with E-state index >= 15 is 0 Å². The van der Waals surface area contributed by atoms with Crippen LogP contribution in [0, 0.1) is 5.82 Å². The van der Waals surface area contributed by atoms with E-state index in [0.717, 1.165) is 5.56 Å². The summed E-state index contributed by atoms with van der Waals surface area (Å²) >= 11 is 3.18. The highest BCUT2D eigenvalue weighted by Crippen LogP contribution is 2.23. The number of hydrogen-bond donors (Lipinski definition) is 1. The summed E-state index contributed by atoms with van der Waals surface area (Å²) in [4.78, 5) is 12.4. The molecule has 0 atom stereocenters. The molecular weight excluding hydrogens is 377 g/mol. The molecule has 0 heterocycles. The molecule has 128 valence electrons. The number of methoxy groups -OCH3 is 1. The summed E-state index contributed by atoms with van der Waals surface area (Å²) in [5.74, 6) is -0.263. The third kappa shape index (κ3) is 4.79. The lowest BCUT2D eigenvalue weighted by atomic mass is 10.1. The molecule has 24 heavy (non-hydrogen) atoms. The Morgan fingerprint density at radius 3 is 2.62 bits per heavy atom. The molecule has 0 unspecified atom stereocenters. The molecule has 4 nitrogen and oxygen atoms in total. The summed E-state index contributed by atoms with van der Waals surface area (Å²) in [5.41, 5.74) is 1.29. The van der Waals surface area contributed by atoms with Gasteiger partial charge >= 0.3 is 0 Å². The largest absolute Gasteiger partial charge is 0.496 e. The lowest BCUT2D eigenvalue weighted by Crippen LogP contribution is -2.14. The van der Waals surface area contributed by atoms with Crippen molar-refractivity contribution in [2.45, 2.75) is 26.6 Å². The summed E-state index contributed by atoms with van der Waals surface area (Å²) in [6, 6.07) is 9.48. The molecule has 0 saturated carbocycles. The van der Waals surface area contributed by atoms with Gasteiger partial charge in [-0.15, -0.1) is 0 Å². The Labute approximate surface area is 149 Å². The summed E-state index contributed by atoms with van der Waals surface area (Å²) < 4.78 is 25.3. The predicted octanol–water partition coefficient (Wildman–Crippen LogP) is 4.77. The van der Waals surface area contributed by atoms with Crippen LogP contribution in [0.15, 0.2) is 40.9 Å². The highest BCUT2D eigenvalue weighted by Gasteiger charge is 2.13. The Balaban J connectivity index is 2.20. The highest BCUT2D eigenvalue weighted by atomic mass is 79.9. The van der Waals surface area contributed by atoms with Crippen molar-refractivity contribution < 1.29 is 18.7 Å². The summed E-state index contributed by atoms with van der Waals surface area (Å²) in [6.45, 7) is 4.19. The molecule has 0 aliphatic rings. The number of nitrogens with one attached hydrogen (secondary N) is 1. The Morgan fingerprint density at radius 2 is 2.00 bits per heavy atom. The number of carbonyl (C=O) groups excluding carboxylic acids is 1. The molecule has 0 aliphatic heterocycles. The van der Waals surface area contributed by atoms with Crippen molar-refractivity contribution in [2.24, 2.45) is 0 Å². The molecular formula is C18H19BrFNO3. The molecule has 0 bridgehead atoms. The molecule has 0 radical (unpaired) electrons. The molecule has 0 aliphatic carbocycles. The third-order valence-corrected chi connectivity index (χ3v) is 3.79. The maximum Gasteiger partial charge on any atom is 0.255 e. The smallest absolute Gasteiger partial charge is 0.255 e. The van der Waals surface area contributed by atoms with E-state index in [1.54, 1.807) is 31.4 Å². The fourth-order valence-electron chi connectivity index (χ4n) is 2.07. The van der Waals surface area contributed by atoms with E-state index in [2.05, 4.69) is 21.2 Å². The van der Waals surface area contributed by atoms with Gasteiger partial charge in [0.25, 0.3) is 5.91 Å². The molecule has 2 aromatic rings. The zero-order valence-electron chi connectivity index (χ0n) is 13.7. The molecule has 2 aromatic carbocycles. The number of carbonyl (C=O) groups is 1. The van der Waals surface area contributed by atoms with Gasteiger partial charge in [-0.2, -0.15) is 0 Å². The van der Waals surface area contributed by atoms with E-state index in [9.17, 15) is 9.18 Å². The molecule has 0 fully saturated rings. The quantitative estimate of drug-likeness (QED) is 0.765. The first-order valence-corrected chi connectivity index (χ1v) is 8.25. The minimum Gasteiger partial charge on any atom is -0.496 e. The van der Waals surface area contributed by atoms with Crippen molar-refractivity contribution in [3.8, 4) is 5.75 Å². The van der Waals surface area contributed by atoms with Gasteiger partial charge in [0.1, 0.15) is 11.6 Å². The minimum absolute atomic E-state index is 0.0593. The number of hydrogen-bond acceptors (Lipinski definition) is 3. The maximum absolute atomic E-state index is 13.8. The zero-order valence-corrected chi connectivity index (χ0v) is 15.3. The van der Waals surface area contributed by atoms with Gasteiger partial charge in [0, 0.05) is 15.6 Å². The molecule has 0 spiro atoms. The van der Waals surface area contributed by atoms with Crippen LogP contribution < -0.4 is 10.1 Å². The van der Waals surface area contributed by atoms with Crippen LogP contribution in [0.5, 0.6) is 5.75 Å².